The van der Waals surface area contributed by atoms with Crippen LogP contribution in [0.4, 0.5) is 4.39 Å². The quantitative estimate of drug-likeness (QED) is 0.881. The van der Waals surface area contributed by atoms with Crippen molar-refractivity contribution in [3.05, 3.63) is 34.1 Å². The molecule has 0 radical (unpaired) electrons. The van der Waals surface area contributed by atoms with Crippen molar-refractivity contribution in [1.29, 1.82) is 0 Å². The molecule has 1 aromatic rings. The normalized spacial score (nSPS) is 21.3. The summed E-state index contributed by atoms with van der Waals surface area (Å²) in [5.74, 6) is 0.779. The lowest BCUT2D eigenvalue weighted by Crippen LogP contribution is -2.42. The lowest BCUT2D eigenvalue weighted by Gasteiger charge is -2.32. The number of halogens is 2. The monoisotopic (exact) mass is 340 g/mol. The Morgan fingerprint density at radius 2 is 1.95 bits per heavy atom. The van der Waals surface area contributed by atoms with Gasteiger partial charge < -0.3 is 5.32 Å². The zero-order chi connectivity index (χ0) is 13.9. The maximum absolute atomic E-state index is 13.2. The van der Waals surface area contributed by atoms with E-state index in [9.17, 15) is 4.39 Å². The van der Waals surface area contributed by atoms with Crippen molar-refractivity contribution in [3.8, 4) is 0 Å². The number of rotatable bonds is 5. The van der Waals surface area contributed by atoms with Crippen molar-refractivity contribution in [2.75, 3.05) is 19.6 Å². The number of benzene rings is 1. The average molecular weight is 341 g/mol. The van der Waals surface area contributed by atoms with Crippen LogP contribution in [0.2, 0.25) is 0 Å². The van der Waals surface area contributed by atoms with Gasteiger partial charge in [0.25, 0.3) is 0 Å². The molecule has 0 aromatic heterocycles. The standard InChI is InChI=1S/C16H22BrFN2/c17-15-9-13(3-4-16(15)18)11-20-7-5-14(6-8-20)19-10-12-1-2-12/h3-4,9,12,14,19H,1-2,5-8,10-11H2. The Labute approximate surface area is 128 Å². The van der Waals surface area contributed by atoms with Crippen molar-refractivity contribution >= 4 is 15.9 Å². The Morgan fingerprint density at radius 3 is 2.60 bits per heavy atom. The van der Waals surface area contributed by atoms with E-state index in [1.807, 2.05) is 12.1 Å². The fourth-order valence-electron chi connectivity index (χ4n) is 2.85. The maximum atomic E-state index is 13.2. The summed E-state index contributed by atoms with van der Waals surface area (Å²) in [7, 11) is 0. The van der Waals surface area contributed by atoms with E-state index in [-0.39, 0.29) is 5.82 Å². The van der Waals surface area contributed by atoms with Gasteiger partial charge in [0, 0.05) is 12.6 Å². The SMILES string of the molecule is Fc1ccc(CN2CCC(NCC3CC3)CC2)cc1Br. The van der Waals surface area contributed by atoms with Gasteiger partial charge in [0.2, 0.25) is 0 Å². The first-order chi connectivity index (χ1) is 9.70. The van der Waals surface area contributed by atoms with Gasteiger partial charge in [-0.1, -0.05) is 6.07 Å². The van der Waals surface area contributed by atoms with Crippen molar-refractivity contribution in [1.82, 2.24) is 10.2 Å². The minimum atomic E-state index is -0.184. The molecule has 0 amide bonds. The number of likely N-dealkylation sites (tertiary alicyclic amines) is 1. The maximum Gasteiger partial charge on any atom is 0.137 e. The van der Waals surface area contributed by atoms with Gasteiger partial charge in [-0.05, 0) is 84.9 Å². The molecule has 0 atom stereocenters. The van der Waals surface area contributed by atoms with Crippen molar-refractivity contribution in [3.63, 3.8) is 0 Å². The minimum Gasteiger partial charge on any atom is -0.314 e. The van der Waals surface area contributed by atoms with Gasteiger partial charge in [-0.15, -0.1) is 0 Å². The molecule has 110 valence electrons. The molecule has 0 spiro atoms. The molecule has 1 saturated carbocycles. The largest absolute Gasteiger partial charge is 0.314 e. The van der Waals surface area contributed by atoms with Crippen LogP contribution in [-0.2, 0) is 6.54 Å². The third kappa shape index (κ3) is 4.03. The van der Waals surface area contributed by atoms with Crippen LogP contribution in [0.1, 0.15) is 31.2 Å². The third-order valence-corrected chi connectivity index (χ3v) is 4.98. The number of hydrogen-bond donors (Lipinski definition) is 1. The molecule has 1 aliphatic carbocycles. The van der Waals surface area contributed by atoms with Gasteiger partial charge in [0.1, 0.15) is 5.82 Å². The van der Waals surface area contributed by atoms with Crippen LogP contribution in [-0.4, -0.2) is 30.6 Å². The fraction of sp³-hybridized carbons (Fsp3) is 0.625. The Hall–Kier alpha value is -0.450. The van der Waals surface area contributed by atoms with Crippen LogP contribution in [0.25, 0.3) is 0 Å². The van der Waals surface area contributed by atoms with Crippen molar-refractivity contribution in [2.24, 2.45) is 5.92 Å². The molecule has 0 bridgehead atoms. The molecule has 0 unspecified atom stereocenters. The Morgan fingerprint density at radius 1 is 1.20 bits per heavy atom. The van der Waals surface area contributed by atoms with Crippen LogP contribution < -0.4 is 5.32 Å². The summed E-state index contributed by atoms with van der Waals surface area (Å²) in [5.41, 5.74) is 1.18. The van der Waals surface area contributed by atoms with Gasteiger partial charge >= 0.3 is 0 Å². The first-order valence-corrected chi connectivity index (χ1v) is 8.39. The zero-order valence-corrected chi connectivity index (χ0v) is 13.3. The summed E-state index contributed by atoms with van der Waals surface area (Å²) in [6, 6.07) is 6.03. The summed E-state index contributed by atoms with van der Waals surface area (Å²) in [6.45, 7) is 4.42. The summed E-state index contributed by atoms with van der Waals surface area (Å²) in [6.07, 6.45) is 5.31. The second-order valence-corrected chi connectivity index (χ2v) is 7.00. The highest BCUT2D eigenvalue weighted by Crippen LogP contribution is 2.28. The molecule has 1 heterocycles. The van der Waals surface area contributed by atoms with Crippen LogP contribution in [0.15, 0.2) is 22.7 Å². The lowest BCUT2D eigenvalue weighted by atomic mass is 10.0. The van der Waals surface area contributed by atoms with E-state index >= 15 is 0 Å². The molecule has 1 aliphatic heterocycles. The first kappa shape index (κ1) is 14.5. The van der Waals surface area contributed by atoms with E-state index in [1.165, 1.54) is 37.8 Å². The van der Waals surface area contributed by atoms with Gasteiger partial charge in [0.05, 0.1) is 4.47 Å². The van der Waals surface area contributed by atoms with Gasteiger partial charge in [-0.3, -0.25) is 4.90 Å². The predicted octanol–water partition coefficient (Wildman–Crippen LogP) is 3.55. The number of nitrogens with zero attached hydrogens (tertiary/aromatic N) is 1. The number of nitrogens with one attached hydrogen (secondary N) is 1. The summed E-state index contributed by atoms with van der Waals surface area (Å²) >= 11 is 3.26. The Bertz CT molecular complexity index is 454. The lowest BCUT2D eigenvalue weighted by molar-refractivity contribution is 0.190. The zero-order valence-electron chi connectivity index (χ0n) is 11.7. The number of hydrogen-bond acceptors (Lipinski definition) is 2. The van der Waals surface area contributed by atoms with E-state index < -0.39 is 0 Å². The van der Waals surface area contributed by atoms with Gasteiger partial charge in [0.15, 0.2) is 0 Å². The van der Waals surface area contributed by atoms with E-state index in [1.54, 1.807) is 6.07 Å². The Kier molecular flexibility index (Phi) is 4.74. The summed E-state index contributed by atoms with van der Waals surface area (Å²) in [5, 5.41) is 3.70. The minimum absolute atomic E-state index is 0.184. The van der Waals surface area contributed by atoms with Crippen LogP contribution >= 0.6 is 15.9 Å². The van der Waals surface area contributed by atoms with E-state index in [4.69, 9.17) is 0 Å². The smallest absolute Gasteiger partial charge is 0.137 e. The van der Waals surface area contributed by atoms with Crippen molar-refractivity contribution < 1.29 is 4.39 Å². The molecule has 1 aromatic carbocycles. The van der Waals surface area contributed by atoms with E-state index in [2.05, 4.69) is 26.1 Å². The molecular formula is C16H22BrFN2. The third-order valence-electron chi connectivity index (χ3n) is 4.37. The van der Waals surface area contributed by atoms with Crippen LogP contribution in [0.5, 0.6) is 0 Å². The molecule has 2 fully saturated rings. The highest BCUT2D eigenvalue weighted by atomic mass is 79.9. The van der Waals surface area contributed by atoms with Gasteiger partial charge in [-0.25, -0.2) is 4.39 Å². The summed E-state index contributed by atoms with van der Waals surface area (Å²) < 4.78 is 13.8. The molecule has 1 N–H and O–H groups in total. The van der Waals surface area contributed by atoms with E-state index in [0.717, 1.165) is 25.6 Å². The second-order valence-electron chi connectivity index (χ2n) is 6.15. The van der Waals surface area contributed by atoms with E-state index in [0.29, 0.717) is 10.5 Å². The number of piperidine rings is 1. The Balaban J connectivity index is 1.44. The fourth-order valence-corrected chi connectivity index (χ4v) is 3.27. The molecule has 2 nitrogen and oxygen atoms in total. The molecule has 1 saturated heterocycles. The highest BCUT2D eigenvalue weighted by Gasteiger charge is 2.24. The average Bonchev–Trinajstić information content (AvgIpc) is 3.26. The summed E-state index contributed by atoms with van der Waals surface area (Å²) in [4.78, 5) is 2.47. The topological polar surface area (TPSA) is 15.3 Å². The second kappa shape index (κ2) is 6.54. The van der Waals surface area contributed by atoms with Crippen molar-refractivity contribution in [2.45, 2.75) is 38.3 Å². The highest BCUT2D eigenvalue weighted by molar-refractivity contribution is 9.10. The molecule has 20 heavy (non-hydrogen) atoms. The van der Waals surface area contributed by atoms with Crippen LogP contribution in [0.3, 0.4) is 0 Å². The molecule has 3 rings (SSSR count). The molecule has 4 heteroatoms. The van der Waals surface area contributed by atoms with Crippen LogP contribution in [0, 0.1) is 11.7 Å². The molecular weight excluding hydrogens is 319 g/mol. The van der Waals surface area contributed by atoms with Gasteiger partial charge in [-0.2, -0.15) is 0 Å². The first-order valence-electron chi connectivity index (χ1n) is 7.60. The predicted molar refractivity (Wildman–Crippen MR) is 83.1 cm³/mol. The molecule has 2 aliphatic rings.